The minimum Gasteiger partial charge on any atom is -0.394 e. The standard InChI is InChI=1S/C20H21ClO6/c21-14-9-5-4-8-13(14)16-19(24)11-26-17(12-6-2-1-3-7-12)27-18(19)20(16,25)15(23)10-22/h1-9,15-18,22-25H,10-11H2/t15-,16?,17?,18-,19-,20+/m1/s1. The third kappa shape index (κ3) is 2.72. The highest BCUT2D eigenvalue weighted by Gasteiger charge is 2.76. The van der Waals surface area contributed by atoms with Crippen molar-refractivity contribution in [2.45, 2.75) is 35.6 Å². The summed E-state index contributed by atoms with van der Waals surface area (Å²) in [6.07, 6.45) is -3.49. The molecular weight excluding hydrogens is 372 g/mol. The Balaban J connectivity index is 1.73. The van der Waals surface area contributed by atoms with Crippen molar-refractivity contribution in [3.05, 3.63) is 70.7 Å². The summed E-state index contributed by atoms with van der Waals surface area (Å²) in [5, 5.41) is 42.8. The van der Waals surface area contributed by atoms with E-state index in [1.807, 2.05) is 18.2 Å². The summed E-state index contributed by atoms with van der Waals surface area (Å²) < 4.78 is 11.6. The number of halogens is 1. The number of hydrogen-bond donors (Lipinski definition) is 4. The molecule has 7 heteroatoms. The number of rotatable bonds is 4. The van der Waals surface area contributed by atoms with Gasteiger partial charge in [-0.05, 0) is 11.6 Å². The molecule has 1 saturated carbocycles. The first kappa shape index (κ1) is 18.8. The van der Waals surface area contributed by atoms with E-state index < -0.39 is 42.2 Å². The molecule has 1 aliphatic carbocycles. The third-order valence-electron chi connectivity index (χ3n) is 5.56. The van der Waals surface area contributed by atoms with Crippen LogP contribution in [0.2, 0.25) is 5.02 Å². The summed E-state index contributed by atoms with van der Waals surface area (Å²) in [4.78, 5) is 0. The summed E-state index contributed by atoms with van der Waals surface area (Å²) >= 11 is 6.28. The van der Waals surface area contributed by atoms with E-state index in [1.165, 1.54) is 0 Å². The molecule has 0 amide bonds. The molecule has 4 rings (SSSR count). The van der Waals surface area contributed by atoms with Crippen molar-refractivity contribution in [3.63, 3.8) is 0 Å². The molecule has 2 aliphatic rings. The van der Waals surface area contributed by atoms with Gasteiger partial charge in [-0.1, -0.05) is 60.1 Å². The van der Waals surface area contributed by atoms with Crippen molar-refractivity contribution in [3.8, 4) is 0 Å². The van der Waals surface area contributed by atoms with Gasteiger partial charge in [-0.3, -0.25) is 0 Å². The Hall–Kier alpha value is -1.51. The van der Waals surface area contributed by atoms with E-state index in [0.29, 0.717) is 10.6 Å². The Morgan fingerprint density at radius 2 is 1.74 bits per heavy atom. The largest absolute Gasteiger partial charge is 0.394 e. The fraction of sp³-hybridized carbons (Fsp3) is 0.400. The zero-order chi connectivity index (χ0) is 19.2. The molecule has 2 aromatic rings. The second-order valence-corrected chi connectivity index (χ2v) is 7.51. The first-order valence-corrected chi connectivity index (χ1v) is 9.10. The van der Waals surface area contributed by atoms with E-state index in [4.69, 9.17) is 21.1 Å². The molecule has 2 fully saturated rings. The fourth-order valence-corrected chi connectivity index (χ4v) is 4.54. The lowest BCUT2D eigenvalue weighted by Gasteiger charge is -2.66. The van der Waals surface area contributed by atoms with Crippen molar-refractivity contribution in [2.24, 2.45) is 0 Å². The minimum atomic E-state index is -1.93. The van der Waals surface area contributed by atoms with Crippen LogP contribution >= 0.6 is 11.6 Å². The Bertz CT molecular complexity index is 817. The van der Waals surface area contributed by atoms with Crippen molar-refractivity contribution >= 4 is 11.6 Å². The molecule has 1 aliphatic heterocycles. The molecule has 2 unspecified atom stereocenters. The Morgan fingerprint density at radius 3 is 2.41 bits per heavy atom. The van der Waals surface area contributed by atoms with E-state index in [2.05, 4.69) is 0 Å². The second kappa shape index (κ2) is 6.83. The Labute approximate surface area is 161 Å². The molecule has 6 atom stereocenters. The highest BCUT2D eigenvalue weighted by Crippen LogP contribution is 2.60. The molecule has 0 spiro atoms. The van der Waals surface area contributed by atoms with Gasteiger partial charge in [0.15, 0.2) is 6.29 Å². The van der Waals surface area contributed by atoms with Crippen LogP contribution in [0.5, 0.6) is 0 Å². The summed E-state index contributed by atoms with van der Waals surface area (Å²) in [6, 6.07) is 15.9. The first-order valence-electron chi connectivity index (χ1n) is 8.73. The van der Waals surface area contributed by atoms with Crippen LogP contribution in [-0.4, -0.2) is 57.0 Å². The van der Waals surface area contributed by atoms with Crippen LogP contribution in [0, 0.1) is 0 Å². The van der Waals surface area contributed by atoms with Crippen LogP contribution in [0.1, 0.15) is 23.3 Å². The summed E-state index contributed by atoms with van der Waals surface area (Å²) in [5.41, 5.74) is -2.34. The number of fused-ring (bicyclic) bond motifs is 1. The number of ether oxygens (including phenoxy) is 2. The number of aliphatic hydroxyl groups is 4. The second-order valence-electron chi connectivity index (χ2n) is 7.10. The van der Waals surface area contributed by atoms with Gasteiger partial charge in [0.2, 0.25) is 0 Å². The molecule has 0 radical (unpaired) electrons. The van der Waals surface area contributed by atoms with E-state index in [-0.39, 0.29) is 6.61 Å². The van der Waals surface area contributed by atoms with Crippen LogP contribution in [-0.2, 0) is 9.47 Å². The molecule has 1 saturated heterocycles. The van der Waals surface area contributed by atoms with Gasteiger partial charge in [-0.15, -0.1) is 0 Å². The first-order chi connectivity index (χ1) is 12.9. The highest BCUT2D eigenvalue weighted by atomic mass is 35.5. The van der Waals surface area contributed by atoms with Crippen LogP contribution in [0.3, 0.4) is 0 Å². The summed E-state index contributed by atoms with van der Waals surface area (Å²) in [6.45, 7) is -0.808. The van der Waals surface area contributed by atoms with Crippen molar-refractivity contribution in [1.82, 2.24) is 0 Å². The maximum Gasteiger partial charge on any atom is 0.184 e. The van der Waals surface area contributed by atoms with Crippen LogP contribution < -0.4 is 0 Å². The molecule has 27 heavy (non-hydrogen) atoms. The smallest absolute Gasteiger partial charge is 0.184 e. The van der Waals surface area contributed by atoms with Crippen LogP contribution in [0.25, 0.3) is 0 Å². The van der Waals surface area contributed by atoms with Crippen LogP contribution in [0.4, 0.5) is 0 Å². The molecule has 0 aromatic heterocycles. The molecule has 1 heterocycles. The minimum absolute atomic E-state index is 0.117. The van der Waals surface area contributed by atoms with E-state index in [1.54, 1.807) is 36.4 Å². The number of aliphatic hydroxyl groups excluding tert-OH is 2. The van der Waals surface area contributed by atoms with Gasteiger partial charge in [0.05, 0.1) is 19.1 Å². The van der Waals surface area contributed by atoms with Gasteiger partial charge < -0.3 is 29.9 Å². The Morgan fingerprint density at radius 1 is 1.07 bits per heavy atom. The predicted molar refractivity (Wildman–Crippen MR) is 97.2 cm³/mol. The zero-order valence-corrected chi connectivity index (χ0v) is 15.2. The summed E-state index contributed by atoms with van der Waals surface area (Å²) in [5.74, 6) is -0.984. The zero-order valence-electron chi connectivity index (χ0n) is 14.4. The SMILES string of the molecule is OC[C@@H](O)[C@]1(O)C(c2ccccc2Cl)[C@]2(O)COC(c3ccccc3)O[C@@H]12. The fourth-order valence-electron chi connectivity index (χ4n) is 4.29. The average Bonchev–Trinajstić information content (AvgIpc) is 2.69. The molecule has 4 N–H and O–H groups in total. The topological polar surface area (TPSA) is 99.4 Å². The van der Waals surface area contributed by atoms with Gasteiger partial charge in [0.1, 0.15) is 23.4 Å². The number of hydrogen-bond acceptors (Lipinski definition) is 6. The lowest BCUT2D eigenvalue weighted by atomic mass is 9.51. The molecule has 144 valence electrons. The van der Waals surface area contributed by atoms with Crippen molar-refractivity contribution < 1.29 is 29.9 Å². The molecule has 2 aromatic carbocycles. The molecule has 0 bridgehead atoms. The predicted octanol–water partition coefficient (Wildman–Crippen LogP) is 1.37. The maximum atomic E-state index is 11.3. The molecule has 6 nitrogen and oxygen atoms in total. The quantitative estimate of drug-likeness (QED) is 0.627. The monoisotopic (exact) mass is 392 g/mol. The Kier molecular flexibility index (Phi) is 4.76. The third-order valence-corrected chi connectivity index (χ3v) is 5.90. The van der Waals surface area contributed by atoms with Crippen molar-refractivity contribution in [2.75, 3.05) is 13.2 Å². The lowest BCUT2D eigenvalue weighted by molar-refractivity contribution is -0.410. The number of benzene rings is 2. The maximum absolute atomic E-state index is 11.3. The van der Waals surface area contributed by atoms with E-state index in [9.17, 15) is 20.4 Å². The van der Waals surface area contributed by atoms with E-state index in [0.717, 1.165) is 5.56 Å². The molecular formula is C20H21ClO6. The van der Waals surface area contributed by atoms with Crippen LogP contribution in [0.15, 0.2) is 54.6 Å². The van der Waals surface area contributed by atoms with Gasteiger partial charge >= 0.3 is 0 Å². The van der Waals surface area contributed by atoms with E-state index >= 15 is 0 Å². The van der Waals surface area contributed by atoms with Gasteiger partial charge in [-0.25, -0.2) is 0 Å². The van der Waals surface area contributed by atoms with Gasteiger partial charge in [-0.2, -0.15) is 0 Å². The highest BCUT2D eigenvalue weighted by molar-refractivity contribution is 6.31. The van der Waals surface area contributed by atoms with Gasteiger partial charge in [0, 0.05) is 10.6 Å². The van der Waals surface area contributed by atoms with Crippen molar-refractivity contribution in [1.29, 1.82) is 0 Å². The van der Waals surface area contributed by atoms with Gasteiger partial charge in [0.25, 0.3) is 0 Å². The average molecular weight is 393 g/mol. The lowest BCUT2D eigenvalue weighted by Crippen LogP contribution is -2.83. The summed E-state index contributed by atoms with van der Waals surface area (Å²) in [7, 11) is 0. The normalized spacial score (nSPS) is 36.6.